The summed E-state index contributed by atoms with van der Waals surface area (Å²) in [6, 6.07) is 14.4. The molecule has 0 atom stereocenters. The van der Waals surface area contributed by atoms with E-state index in [9.17, 15) is 22.0 Å². The molecule has 0 saturated carbocycles. The molecular weight excluding hydrogens is 402 g/mol. The average molecular weight is 418 g/mol. The molecule has 29 heavy (non-hydrogen) atoms. The zero-order valence-corrected chi connectivity index (χ0v) is 16.0. The van der Waals surface area contributed by atoms with E-state index in [1.807, 2.05) is 0 Å². The van der Waals surface area contributed by atoms with Crippen LogP contribution in [0.5, 0.6) is 5.75 Å². The largest absolute Gasteiger partial charge is 0.497 e. The minimum Gasteiger partial charge on any atom is -0.497 e. The van der Waals surface area contributed by atoms with Crippen molar-refractivity contribution in [1.29, 1.82) is 0 Å². The molecule has 2 N–H and O–H groups in total. The number of benzene rings is 3. The topological polar surface area (TPSA) is 84.5 Å². The van der Waals surface area contributed by atoms with Crippen molar-refractivity contribution >= 4 is 27.3 Å². The van der Waals surface area contributed by atoms with Crippen molar-refractivity contribution in [2.45, 2.75) is 4.90 Å². The number of amides is 1. The number of hydrogen-bond acceptors (Lipinski definition) is 4. The third-order valence-corrected chi connectivity index (χ3v) is 5.32. The highest BCUT2D eigenvalue weighted by Crippen LogP contribution is 2.24. The lowest BCUT2D eigenvalue weighted by Gasteiger charge is -2.11. The van der Waals surface area contributed by atoms with E-state index < -0.39 is 27.6 Å². The molecular formula is C20H16F2N2O4S. The molecule has 0 heterocycles. The van der Waals surface area contributed by atoms with Gasteiger partial charge in [0.2, 0.25) is 0 Å². The van der Waals surface area contributed by atoms with Gasteiger partial charge in [0, 0.05) is 6.07 Å². The van der Waals surface area contributed by atoms with Crippen LogP contribution in [-0.4, -0.2) is 21.4 Å². The van der Waals surface area contributed by atoms with Crippen molar-refractivity contribution in [3.05, 3.63) is 83.9 Å². The summed E-state index contributed by atoms with van der Waals surface area (Å²) in [6.45, 7) is 0. The van der Waals surface area contributed by atoms with Gasteiger partial charge in [0.25, 0.3) is 15.9 Å². The van der Waals surface area contributed by atoms with Crippen LogP contribution in [0.15, 0.2) is 71.6 Å². The molecule has 0 saturated heterocycles. The molecule has 0 aliphatic rings. The van der Waals surface area contributed by atoms with Crippen molar-refractivity contribution in [2.24, 2.45) is 0 Å². The molecule has 0 bridgehead atoms. The molecule has 150 valence electrons. The van der Waals surface area contributed by atoms with E-state index in [0.717, 1.165) is 24.3 Å². The Morgan fingerprint density at radius 3 is 2.38 bits per heavy atom. The van der Waals surface area contributed by atoms with Gasteiger partial charge in [-0.2, -0.15) is 0 Å². The van der Waals surface area contributed by atoms with E-state index in [0.29, 0.717) is 5.75 Å². The summed E-state index contributed by atoms with van der Waals surface area (Å²) in [5.74, 6) is -2.15. The van der Waals surface area contributed by atoms with E-state index in [1.54, 1.807) is 12.1 Å². The number of carbonyl (C=O) groups is 1. The van der Waals surface area contributed by atoms with Crippen LogP contribution in [0.25, 0.3) is 0 Å². The highest BCUT2D eigenvalue weighted by molar-refractivity contribution is 7.92. The number of carbonyl (C=O) groups excluding carboxylic acids is 1. The van der Waals surface area contributed by atoms with Gasteiger partial charge in [-0.05, 0) is 42.5 Å². The van der Waals surface area contributed by atoms with Crippen molar-refractivity contribution in [2.75, 3.05) is 17.1 Å². The van der Waals surface area contributed by atoms with E-state index in [4.69, 9.17) is 4.74 Å². The molecule has 9 heteroatoms. The third-order valence-electron chi connectivity index (χ3n) is 3.94. The van der Waals surface area contributed by atoms with Crippen LogP contribution < -0.4 is 14.8 Å². The van der Waals surface area contributed by atoms with Crippen LogP contribution in [0.4, 0.5) is 20.2 Å². The lowest BCUT2D eigenvalue weighted by atomic mass is 10.2. The van der Waals surface area contributed by atoms with E-state index in [-0.39, 0.29) is 21.8 Å². The first kappa shape index (κ1) is 20.3. The molecule has 0 unspecified atom stereocenters. The Morgan fingerprint density at radius 2 is 1.69 bits per heavy atom. The minimum absolute atomic E-state index is 0.238. The van der Waals surface area contributed by atoms with Crippen LogP contribution >= 0.6 is 0 Å². The van der Waals surface area contributed by atoms with Crippen molar-refractivity contribution < 1.29 is 26.7 Å². The molecule has 6 nitrogen and oxygen atoms in total. The van der Waals surface area contributed by atoms with Crippen LogP contribution in [0.1, 0.15) is 10.4 Å². The van der Waals surface area contributed by atoms with E-state index in [2.05, 4.69) is 10.0 Å². The first-order valence-electron chi connectivity index (χ1n) is 8.32. The van der Waals surface area contributed by atoms with E-state index in [1.165, 1.54) is 37.4 Å². The normalized spacial score (nSPS) is 11.0. The fourth-order valence-corrected chi connectivity index (χ4v) is 3.56. The predicted octanol–water partition coefficient (Wildman–Crippen LogP) is 4.03. The van der Waals surface area contributed by atoms with Crippen molar-refractivity contribution in [3.63, 3.8) is 0 Å². The van der Waals surface area contributed by atoms with Gasteiger partial charge < -0.3 is 10.1 Å². The van der Waals surface area contributed by atoms with Gasteiger partial charge in [0.1, 0.15) is 17.4 Å². The molecule has 0 radical (unpaired) electrons. The average Bonchev–Trinajstić information content (AvgIpc) is 2.69. The maximum Gasteiger partial charge on any atom is 0.262 e. The molecule has 0 aromatic heterocycles. The first-order valence-corrected chi connectivity index (χ1v) is 9.81. The molecule has 3 aromatic carbocycles. The summed E-state index contributed by atoms with van der Waals surface area (Å²) in [5.41, 5.74) is -0.302. The summed E-state index contributed by atoms with van der Waals surface area (Å²) in [7, 11) is -2.64. The van der Waals surface area contributed by atoms with Crippen LogP contribution in [0, 0.1) is 11.6 Å². The third kappa shape index (κ3) is 4.69. The number of halogens is 2. The standard InChI is InChI=1S/C20H16F2N2O4S/c1-28-14-6-4-5-13(11-14)24-29(26,27)15-9-10-19(18(22)12-15)23-20(25)16-7-2-3-8-17(16)21/h2-12,24H,1H3,(H,23,25). The number of rotatable bonds is 6. The van der Waals surface area contributed by atoms with Crippen molar-refractivity contribution in [1.82, 2.24) is 0 Å². The van der Waals surface area contributed by atoms with Gasteiger partial charge in [-0.1, -0.05) is 18.2 Å². The lowest BCUT2D eigenvalue weighted by molar-refractivity contribution is 0.102. The maximum absolute atomic E-state index is 14.4. The number of anilines is 2. The van der Waals surface area contributed by atoms with Gasteiger partial charge in [-0.3, -0.25) is 9.52 Å². The van der Waals surface area contributed by atoms with Gasteiger partial charge in [0.15, 0.2) is 0 Å². The fraction of sp³-hybridized carbons (Fsp3) is 0.0500. The van der Waals surface area contributed by atoms with Crippen LogP contribution in [0.2, 0.25) is 0 Å². The Bertz CT molecular complexity index is 1170. The molecule has 3 rings (SSSR count). The number of sulfonamides is 1. The molecule has 0 aliphatic heterocycles. The van der Waals surface area contributed by atoms with Gasteiger partial charge in [0.05, 0.1) is 28.9 Å². The second-order valence-corrected chi connectivity index (χ2v) is 7.60. The van der Waals surface area contributed by atoms with Gasteiger partial charge >= 0.3 is 0 Å². The predicted molar refractivity (Wildman–Crippen MR) is 105 cm³/mol. The van der Waals surface area contributed by atoms with Gasteiger partial charge in [-0.25, -0.2) is 17.2 Å². The van der Waals surface area contributed by atoms with Gasteiger partial charge in [-0.15, -0.1) is 0 Å². The van der Waals surface area contributed by atoms with E-state index >= 15 is 0 Å². The smallest absolute Gasteiger partial charge is 0.262 e. The highest BCUT2D eigenvalue weighted by Gasteiger charge is 2.19. The summed E-state index contributed by atoms with van der Waals surface area (Å²) < 4.78 is 60.4. The molecule has 0 spiro atoms. The summed E-state index contributed by atoms with van der Waals surface area (Å²) in [6.07, 6.45) is 0. The monoisotopic (exact) mass is 418 g/mol. The Balaban J connectivity index is 1.81. The summed E-state index contributed by atoms with van der Waals surface area (Å²) in [4.78, 5) is 11.8. The Hall–Kier alpha value is -3.46. The number of nitrogens with one attached hydrogen (secondary N) is 2. The Morgan fingerprint density at radius 1 is 0.931 bits per heavy atom. The fourth-order valence-electron chi connectivity index (χ4n) is 2.50. The molecule has 0 fully saturated rings. The number of hydrogen-bond donors (Lipinski definition) is 2. The molecule has 0 aliphatic carbocycles. The zero-order chi connectivity index (χ0) is 21.0. The van der Waals surface area contributed by atoms with Crippen molar-refractivity contribution in [3.8, 4) is 5.75 Å². The SMILES string of the molecule is COc1cccc(NS(=O)(=O)c2ccc(NC(=O)c3ccccc3F)c(F)c2)c1. The molecule has 3 aromatic rings. The first-order chi connectivity index (χ1) is 13.8. The second kappa shape index (κ2) is 8.27. The number of methoxy groups -OCH3 is 1. The molecule has 1 amide bonds. The lowest BCUT2D eigenvalue weighted by Crippen LogP contribution is -2.16. The van der Waals surface area contributed by atoms with Crippen LogP contribution in [-0.2, 0) is 10.0 Å². The second-order valence-electron chi connectivity index (χ2n) is 5.91. The minimum atomic E-state index is -4.08. The Labute approximate surface area is 166 Å². The highest BCUT2D eigenvalue weighted by atomic mass is 32.2. The quantitative estimate of drug-likeness (QED) is 0.633. The van der Waals surface area contributed by atoms with Crippen LogP contribution in [0.3, 0.4) is 0 Å². The maximum atomic E-state index is 14.4. The zero-order valence-electron chi connectivity index (χ0n) is 15.1. The number of ether oxygens (including phenoxy) is 1. The summed E-state index contributed by atoms with van der Waals surface area (Å²) >= 11 is 0. The Kier molecular flexibility index (Phi) is 5.79. The summed E-state index contributed by atoms with van der Waals surface area (Å²) in [5, 5.41) is 2.23.